The Bertz CT molecular complexity index is 341. The summed E-state index contributed by atoms with van der Waals surface area (Å²) >= 11 is 0. The molecule has 1 heterocycles. The number of carbonyl (C=O) groups excluding carboxylic acids is 1. The highest BCUT2D eigenvalue weighted by molar-refractivity contribution is 5.79. The van der Waals surface area contributed by atoms with Gasteiger partial charge in [-0.2, -0.15) is 0 Å². The molecule has 114 valence electrons. The van der Waals surface area contributed by atoms with Crippen LogP contribution in [0.2, 0.25) is 0 Å². The summed E-state index contributed by atoms with van der Waals surface area (Å²) in [5.41, 5.74) is 5.54. The number of carbonyl (C=O) groups is 1. The maximum Gasteiger partial charge on any atom is 0.234 e. The van der Waals surface area contributed by atoms with E-state index >= 15 is 0 Å². The van der Waals surface area contributed by atoms with Crippen LogP contribution in [0.25, 0.3) is 0 Å². The molecule has 1 saturated heterocycles. The molecule has 0 aromatic rings. The molecule has 20 heavy (non-hydrogen) atoms. The molecule has 3 N–H and O–H groups in total. The number of likely N-dealkylation sites (tertiary alicyclic amines) is 1. The van der Waals surface area contributed by atoms with Gasteiger partial charge in [-0.25, -0.2) is 0 Å². The molecule has 4 heteroatoms. The molecule has 3 aliphatic rings. The first-order chi connectivity index (χ1) is 9.74. The third-order valence-corrected chi connectivity index (χ3v) is 5.42. The van der Waals surface area contributed by atoms with Gasteiger partial charge in [-0.1, -0.05) is 12.8 Å². The van der Waals surface area contributed by atoms with Crippen molar-refractivity contribution in [3.05, 3.63) is 0 Å². The minimum atomic E-state index is -0.172. The van der Waals surface area contributed by atoms with Crippen molar-refractivity contribution in [3.63, 3.8) is 0 Å². The summed E-state index contributed by atoms with van der Waals surface area (Å²) in [5, 5.41) is 3.40. The molecule has 3 atom stereocenters. The molecule has 0 aromatic carbocycles. The number of nitrogens with one attached hydrogen (secondary N) is 1. The maximum atomic E-state index is 11.6. The van der Waals surface area contributed by atoms with Crippen LogP contribution in [0, 0.1) is 5.92 Å². The average molecular weight is 279 g/mol. The molecule has 0 bridgehead atoms. The Kier molecular flexibility index (Phi) is 4.61. The SMILES string of the molecule is NC(=O)C(CCN1CCC[C@H]2CCCC[C@H]21)NC1CC1. The quantitative estimate of drug-likeness (QED) is 0.777. The fourth-order valence-electron chi connectivity index (χ4n) is 4.14. The van der Waals surface area contributed by atoms with Crippen molar-refractivity contribution in [2.45, 2.75) is 75.9 Å². The third kappa shape index (κ3) is 3.53. The summed E-state index contributed by atoms with van der Waals surface area (Å²) in [6.07, 6.45) is 11.6. The van der Waals surface area contributed by atoms with Crippen molar-refractivity contribution in [2.24, 2.45) is 11.7 Å². The highest BCUT2D eigenvalue weighted by Crippen LogP contribution is 2.35. The normalized spacial score (nSPS) is 32.6. The summed E-state index contributed by atoms with van der Waals surface area (Å²) in [6.45, 7) is 2.25. The van der Waals surface area contributed by atoms with Gasteiger partial charge < -0.3 is 16.0 Å². The summed E-state index contributed by atoms with van der Waals surface area (Å²) in [5.74, 6) is 0.745. The van der Waals surface area contributed by atoms with E-state index in [0.717, 1.165) is 24.9 Å². The molecule has 3 rings (SSSR count). The first kappa shape index (κ1) is 14.3. The van der Waals surface area contributed by atoms with Gasteiger partial charge in [0.1, 0.15) is 0 Å². The number of fused-ring (bicyclic) bond motifs is 1. The van der Waals surface area contributed by atoms with Crippen LogP contribution in [0.3, 0.4) is 0 Å². The summed E-state index contributed by atoms with van der Waals surface area (Å²) in [7, 11) is 0. The van der Waals surface area contributed by atoms with Crippen molar-refractivity contribution >= 4 is 5.91 Å². The Labute approximate surface area is 122 Å². The van der Waals surface area contributed by atoms with Crippen LogP contribution in [0.5, 0.6) is 0 Å². The van der Waals surface area contributed by atoms with E-state index in [-0.39, 0.29) is 11.9 Å². The van der Waals surface area contributed by atoms with Crippen LogP contribution in [0.4, 0.5) is 0 Å². The van der Waals surface area contributed by atoms with E-state index in [1.165, 1.54) is 57.9 Å². The standard InChI is InChI=1S/C16H29N3O/c17-16(20)14(18-13-7-8-13)9-11-19-10-3-5-12-4-1-2-6-15(12)19/h12-15,18H,1-11H2,(H2,17,20)/t12-,14?,15-/m1/s1. The van der Waals surface area contributed by atoms with Gasteiger partial charge in [0.05, 0.1) is 6.04 Å². The molecule has 0 aromatic heterocycles. The summed E-state index contributed by atoms with van der Waals surface area (Å²) in [4.78, 5) is 14.2. The lowest BCUT2D eigenvalue weighted by atomic mass is 9.78. The molecule has 3 fully saturated rings. The zero-order valence-electron chi connectivity index (χ0n) is 12.5. The van der Waals surface area contributed by atoms with E-state index in [2.05, 4.69) is 10.2 Å². The highest BCUT2D eigenvalue weighted by atomic mass is 16.1. The van der Waals surface area contributed by atoms with E-state index in [0.29, 0.717) is 6.04 Å². The second-order valence-electron chi connectivity index (χ2n) is 6.97. The monoisotopic (exact) mass is 279 g/mol. The number of piperidine rings is 1. The van der Waals surface area contributed by atoms with E-state index in [9.17, 15) is 4.79 Å². The fourth-order valence-corrected chi connectivity index (χ4v) is 4.14. The van der Waals surface area contributed by atoms with Gasteiger partial charge in [0.25, 0.3) is 0 Å². The fraction of sp³-hybridized carbons (Fsp3) is 0.938. The van der Waals surface area contributed by atoms with Crippen molar-refractivity contribution in [1.82, 2.24) is 10.2 Å². The first-order valence-electron chi connectivity index (χ1n) is 8.53. The molecule has 4 nitrogen and oxygen atoms in total. The Hall–Kier alpha value is -0.610. The molecule has 2 aliphatic carbocycles. The van der Waals surface area contributed by atoms with Gasteiger partial charge >= 0.3 is 0 Å². The number of nitrogens with two attached hydrogens (primary N) is 1. The Morgan fingerprint density at radius 1 is 1.15 bits per heavy atom. The smallest absolute Gasteiger partial charge is 0.234 e. The lowest BCUT2D eigenvalue weighted by molar-refractivity contribution is -0.120. The minimum Gasteiger partial charge on any atom is -0.368 e. The minimum absolute atomic E-state index is 0.119. The van der Waals surface area contributed by atoms with Gasteiger partial charge in [0.15, 0.2) is 0 Å². The zero-order valence-corrected chi connectivity index (χ0v) is 12.5. The van der Waals surface area contributed by atoms with Gasteiger partial charge in [-0.15, -0.1) is 0 Å². The van der Waals surface area contributed by atoms with Crippen LogP contribution in [0.1, 0.15) is 57.8 Å². The van der Waals surface area contributed by atoms with Crippen molar-refractivity contribution in [3.8, 4) is 0 Å². The Morgan fingerprint density at radius 2 is 1.90 bits per heavy atom. The second kappa shape index (κ2) is 6.44. The van der Waals surface area contributed by atoms with Crippen LogP contribution in [-0.4, -0.2) is 42.0 Å². The third-order valence-electron chi connectivity index (χ3n) is 5.42. The number of amides is 1. The molecule has 0 radical (unpaired) electrons. The Balaban J connectivity index is 1.51. The van der Waals surface area contributed by atoms with E-state index in [4.69, 9.17) is 5.73 Å². The molecule has 0 spiro atoms. The average Bonchev–Trinajstić information content (AvgIpc) is 3.27. The number of hydrogen-bond donors (Lipinski definition) is 2. The molecule has 2 saturated carbocycles. The van der Waals surface area contributed by atoms with Gasteiger partial charge in [-0.05, 0) is 57.4 Å². The van der Waals surface area contributed by atoms with Crippen LogP contribution in [0.15, 0.2) is 0 Å². The van der Waals surface area contributed by atoms with Gasteiger partial charge in [0.2, 0.25) is 5.91 Å². The van der Waals surface area contributed by atoms with E-state index in [1.54, 1.807) is 0 Å². The number of hydrogen-bond acceptors (Lipinski definition) is 3. The second-order valence-corrected chi connectivity index (χ2v) is 6.97. The largest absolute Gasteiger partial charge is 0.368 e. The van der Waals surface area contributed by atoms with Crippen molar-refractivity contribution in [2.75, 3.05) is 13.1 Å². The lowest BCUT2D eigenvalue weighted by Gasteiger charge is -2.44. The van der Waals surface area contributed by atoms with Crippen molar-refractivity contribution < 1.29 is 4.79 Å². The van der Waals surface area contributed by atoms with Crippen LogP contribution in [-0.2, 0) is 4.79 Å². The number of nitrogens with zero attached hydrogens (tertiary/aromatic N) is 1. The molecular weight excluding hydrogens is 250 g/mol. The van der Waals surface area contributed by atoms with Gasteiger partial charge in [0, 0.05) is 18.6 Å². The molecule has 1 unspecified atom stereocenters. The highest BCUT2D eigenvalue weighted by Gasteiger charge is 2.34. The van der Waals surface area contributed by atoms with Gasteiger partial charge in [-0.3, -0.25) is 4.79 Å². The van der Waals surface area contributed by atoms with E-state index < -0.39 is 0 Å². The predicted molar refractivity (Wildman–Crippen MR) is 80.3 cm³/mol. The molecule has 1 aliphatic heterocycles. The topological polar surface area (TPSA) is 58.4 Å². The number of rotatable bonds is 6. The van der Waals surface area contributed by atoms with Crippen LogP contribution < -0.4 is 11.1 Å². The summed E-state index contributed by atoms with van der Waals surface area (Å²) < 4.78 is 0. The van der Waals surface area contributed by atoms with Crippen molar-refractivity contribution in [1.29, 1.82) is 0 Å². The summed E-state index contributed by atoms with van der Waals surface area (Å²) in [6, 6.07) is 1.22. The molecule has 1 amide bonds. The number of primary amides is 1. The maximum absolute atomic E-state index is 11.6. The lowest BCUT2D eigenvalue weighted by Crippen LogP contribution is -2.50. The molecular formula is C16H29N3O. The van der Waals surface area contributed by atoms with E-state index in [1.807, 2.05) is 0 Å². The predicted octanol–water partition coefficient (Wildman–Crippen LogP) is 1.64. The Morgan fingerprint density at radius 3 is 2.65 bits per heavy atom. The zero-order chi connectivity index (χ0) is 13.9. The first-order valence-corrected chi connectivity index (χ1v) is 8.53. The van der Waals surface area contributed by atoms with Crippen LogP contribution >= 0.6 is 0 Å².